The van der Waals surface area contributed by atoms with Crippen LogP contribution in [0.5, 0.6) is 0 Å². The Morgan fingerprint density at radius 2 is 2.12 bits per heavy atom. The molecule has 4 heteroatoms. The van der Waals surface area contributed by atoms with Crippen LogP contribution >= 0.6 is 0 Å². The third-order valence-electron chi connectivity index (χ3n) is 3.01. The molecular weight excluding hydrogens is 214 g/mol. The van der Waals surface area contributed by atoms with Gasteiger partial charge in [-0.3, -0.25) is 0 Å². The molecule has 1 fully saturated rings. The maximum absolute atomic E-state index is 5.32. The average molecular weight is 229 g/mol. The molecule has 88 valence electrons. The first kappa shape index (κ1) is 10.4. The van der Waals surface area contributed by atoms with E-state index in [1.54, 1.807) is 12.5 Å². The van der Waals surface area contributed by atoms with Crippen LogP contribution in [-0.2, 0) is 0 Å². The van der Waals surface area contributed by atoms with Crippen molar-refractivity contribution in [2.75, 3.05) is 31.1 Å². The lowest BCUT2D eigenvalue weighted by Gasteiger charge is -2.29. The summed E-state index contributed by atoms with van der Waals surface area (Å²) >= 11 is 0. The molecule has 1 aromatic carbocycles. The summed E-state index contributed by atoms with van der Waals surface area (Å²) in [5.41, 5.74) is 2.27. The highest BCUT2D eigenvalue weighted by molar-refractivity contribution is 5.62. The second-order valence-electron chi connectivity index (χ2n) is 4.12. The highest BCUT2D eigenvalue weighted by Crippen LogP contribution is 2.23. The summed E-state index contributed by atoms with van der Waals surface area (Å²) < 4.78 is 5.32. The molecule has 0 saturated carbocycles. The van der Waals surface area contributed by atoms with Gasteiger partial charge in [-0.05, 0) is 18.2 Å². The Morgan fingerprint density at radius 1 is 1.24 bits per heavy atom. The number of piperazine rings is 1. The predicted octanol–water partition coefficient (Wildman–Crippen LogP) is 1.75. The van der Waals surface area contributed by atoms with E-state index in [9.17, 15) is 0 Å². The molecule has 0 amide bonds. The number of anilines is 1. The monoisotopic (exact) mass is 229 g/mol. The fraction of sp³-hybridized carbons (Fsp3) is 0.308. The van der Waals surface area contributed by atoms with E-state index in [1.807, 2.05) is 6.07 Å². The Balaban J connectivity index is 1.88. The fourth-order valence-electron chi connectivity index (χ4n) is 2.12. The number of nitrogens with zero attached hydrogens (tertiary/aromatic N) is 2. The number of rotatable bonds is 2. The molecule has 0 atom stereocenters. The fourth-order valence-corrected chi connectivity index (χ4v) is 2.12. The van der Waals surface area contributed by atoms with Crippen LogP contribution in [0.4, 0.5) is 5.69 Å². The molecule has 0 aliphatic carbocycles. The minimum absolute atomic E-state index is 0.682. The molecule has 0 spiro atoms. The van der Waals surface area contributed by atoms with Crippen LogP contribution in [0, 0.1) is 0 Å². The van der Waals surface area contributed by atoms with Gasteiger partial charge in [0, 0.05) is 37.4 Å². The quantitative estimate of drug-likeness (QED) is 0.851. The number of nitrogens with one attached hydrogen (secondary N) is 1. The molecule has 2 aromatic rings. The van der Waals surface area contributed by atoms with Crippen molar-refractivity contribution in [2.24, 2.45) is 0 Å². The summed E-state index contributed by atoms with van der Waals surface area (Å²) in [6, 6.07) is 8.35. The van der Waals surface area contributed by atoms with Crippen LogP contribution in [0.25, 0.3) is 11.5 Å². The Hall–Kier alpha value is -1.81. The van der Waals surface area contributed by atoms with E-state index in [0.29, 0.717) is 5.89 Å². The summed E-state index contributed by atoms with van der Waals surface area (Å²) in [6.45, 7) is 4.19. The summed E-state index contributed by atoms with van der Waals surface area (Å²) in [6.07, 6.45) is 3.28. The van der Waals surface area contributed by atoms with Crippen molar-refractivity contribution in [3.8, 4) is 11.5 Å². The molecule has 3 rings (SSSR count). The zero-order valence-corrected chi connectivity index (χ0v) is 9.60. The normalized spacial score (nSPS) is 16.1. The van der Waals surface area contributed by atoms with Gasteiger partial charge in [-0.2, -0.15) is 0 Å². The largest absolute Gasteiger partial charge is 0.445 e. The van der Waals surface area contributed by atoms with Crippen LogP contribution in [-0.4, -0.2) is 31.2 Å². The molecule has 1 saturated heterocycles. The lowest BCUT2D eigenvalue weighted by Crippen LogP contribution is -2.43. The third kappa shape index (κ3) is 2.17. The number of benzene rings is 1. The van der Waals surface area contributed by atoms with E-state index in [1.165, 1.54) is 5.69 Å². The van der Waals surface area contributed by atoms with Crippen molar-refractivity contribution in [2.45, 2.75) is 0 Å². The van der Waals surface area contributed by atoms with Crippen molar-refractivity contribution >= 4 is 5.69 Å². The smallest absolute Gasteiger partial charge is 0.225 e. The number of hydrogen-bond donors (Lipinski definition) is 1. The first-order valence-corrected chi connectivity index (χ1v) is 5.89. The molecule has 2 heterocycles. The van der Waals surface area contributed by atoms with Gasteiger partial charge in [0.25, 0.3) is 0 Å². The molecule has 1 aromatic heterocycles. The summed E-state index contributed by atoms with van der Waals surface area (Å²) in [4.78, 5) is 6.55. The standard InChI is InChI=1S/C13H15N3O/c1-2-11(13-15-6-9-17-13)10-12(3-1)16-7-4-14-5-8-16/h1-3,6,9-10,14H,4-5,7-8H2. The van der Waals surface area contributed by atoms with Crippen molar-refractivity contribution < 1.29 is 4.42 Å². The topological polar surface area (TPSA) is 41.3 Å². The van der Waals surface area contributed by atoms with E-state index in [4.69, 9.17) is 4.42 Å². The number of oxazole rings is 1. The van der Waals surface area contributed by atoms with E-state index in [0.717, 1.165) is 31.7 Å². The van der Waals surface area contributed by atoms with Gasteiger partial charge in [-0.25, -0.2) is 4.98 Å². The average Bonchev–Trinajstić information content (AvgIpc) is 2.94. The second-order valence-corrected chi connectivity index (χ2v) is 4.12. The Kier molecular flexibility index (Phi) is 2.80. The highest BCUT2D eigenvalue weighted by Gasteiger charge is 2.11. The zero-order valence-electron chi connectivity index (χ0n) is 9.60. The molecule has 0 bridgehead atoms. The van der Waals surface area contributed by atoms with E-state index < -0.39 is 0 Å². The van der Waals surface area contributed by atoms with Crippen LogP contribution in [0.2, 0.25) is 0 Å². The van der Waals surface area contributed by atoms with Gasteiger partial charge >= 0.3 is 0 Å². The Bertz CT molecular complexity index is 475. The summed E-state index contributed by atoms with van der Waals surface area (Å²) in [5, 5.41) is 3.35. The maximum Gasteiger partial charge on any atom is 0.225 e. The molecule has 17 heavy (non-hydrogen) atoms. The zero-order chi connectivity index (χ0) is 11.5. The molecular formula is C13H15N3O. The minimum Gasteiger partial charge on any atom is -0.445 e. The van der Waals surface area contributed by atoms with Crippen LogP contribution in [0.15, 0.2) is 41.1 Å². The first-order chi connectivity index (χ1) is 8.43. The molecule has 4 nitrogen and oxygen atoms in total. The molecule has 1 aliphatic rings. The Morgan fingerprint density at radius 3 is 2.88 bits per heavy atom. The van der Waals surface area contributed by atoms with E-state index in [2.05, 4.69) is 33.4 Å². The van der Waals surface area contributed by atoms with Crippen LogP contribution in [0.3, 0.4) is 0 Å². The van der Waals surface area contributed by atoms with E-state index >= 15 is 0 Å². The predicted molar refractivity (Wildman–Crippen MR) is 67.0 cm³/mol. The maximum atomic E-state index is 5.32. The summed E-state index contributed by atoms with van der Waals surface area (Å²) in [7, 11) is 0. The van der Waals surface area contributed by atoms with Crippen molar-refractivity contribution in [1.82, 2.24) is 10.3 Å². The molecule has 1 N–H and O–H groups in total. The van der Waals surface area contributed by atoms with Gasteiger partial charge in [0.15, 0.2) is 0 Å². The third-order valence-corrected chi connectivity index (χ3v) is 3.01. The van der Waals surface area contributed by atoms with E-state index in [-0.39, 0.29) is 0 Å². The van der Waals surface area contributed by atoms with Gasteiger partial charge in [0.05, 0.1) is 6.20 Å². The van der Waals surface area contributed by atoms with Gasteiger partial charge in [0.2, 0.25) is 5.89 Å². The van der Waals surface area contributed by atoms with Crippen molar-refractivity contribution in [1.29, 1.82) is 0 Å². The molecule has 0 unspecified atom stereocenters. The Labute approximate surface area is 100 Å². The van der Waals surface area contributed by atoms with Gasteiger partial charge < -0.3 is 14.6 Å². The van der Waals surface area contributed by atoms with Gasteiger partial charge in [-0.1, -0.05) is 6.07 Å². The highest BCUT2D eigenvalue weighted by atomic mass is 16.3. The number of aromatic nitrogens is 1. The van der Waals surface area contributed by atoms with Crippen LogP contribution < -0.4 is 10.2 Å². The van der Waals surface area contributed by atoms with Crippen LogP contribution in [0.1, 0.15) is 0 Å². The lowest BCUT2D eigenvalue weighted by molar-refractivity contribution is 0.574. The van der Waals surface area contributed by atoms with Gasteiger partial charge in [-0.15, -0.1) is 0 Å². The molecule has 1 aliphatic heterocycles. The second kappa shape index (κ2) is 4.59. The minimum atomic E-state index is 0.682. The first-order valence-electron chi connectivity index (χ1n) is 5.89. The SMILES string of the molecule is c1cc(-c2ncco2)cc(N2CCNCC2)c1. The molecule has 0 radical (unpaired) electrons. The van der Waals surface area contributed by atoms with Crippen molar-refractivity contribution in [3.05, 3.63) is 36.7 Å². The van der Waals surface area contributed by atoms with Crippen molar-refractivity contribution in [3.63, 3.8) is 0 Å². The van der Waals surface area contributed by atoms with Gasteiger partial charge in [0.1, 0.15) is 6.26 Å². The number of hydrogen-bond acceptors (Lipinski definition) is 4. The summed E-state index contributed by atoms with van der Waals surface area (Å²) in [5.74, 6) is 0.682. The lowest BCUT2D eigenvalue weighted by atomic mass is 10.1.